The van der Waals surface area contributed by atoms with Gasteiger partial charge in [-0.2, -0.15) is 0 Å². The lowest BCUT2D eigenvalue weighted by molar-refractivity contribution is -0.138. The third-order valence-corrected chi connectivity index (χ3v) is 4.19. The molecular weight excluding hydrogens is 386 g/mol. The van der Waals surface area contributed by atoms with Gasteiger partial charge in [0.2, 0.25) is 5.90 Å². The maximum Gasteiger partial charge on any atom is 0.363 e. The quantitative estimate of drug-likeness (QED) is 0.390. The Balaban J connectivity index is 1.89. The molecular formula is C23H23NO6. The monoisotopic (exact) mass is 409 g/mol. The van der Waals surface area contributed by atoms with Crippen LogP contribution in [0.4, 0.5) is 0 Å². The fourth-order valence-corrected chi connectivity index (χ4v) is 2.64. The predicted octanol–water partition coefficient (Wildman–Crippen LogP) is 4.00. The highest BCUT2D eigenvalue weighted by Gasteiger charge is 2.24. The Bertz CT molecular complexity index is 1020. The molecule has 0 spiro atoms. The van der Waals surface area contributed by atoms with E-state index in [2.05, 4.69) is 4.99 Å². The number of rotatable bonds is 7. The minimum absolute atomic E-state index is 0.155. The van der Waals surface area contributed by atoms with Gasteiger partial charge in [-0.3, -0.25) is 4.79 Å². The maximum absolute atomic E-state index is 12.3. The van der Waals surface area contributed by atoms with Gasteiger partial charge < -0.3 is 18.9 Å². The second kappa shape index (κ2) is 9.26. The second-order valence-electron chi connectivity index (χ2n) is 6.78. The van der Waals surface area contributed by atoms with Crippen LogP contribution in [0.2, 0.25) is 0 Å². The zero-order chi connectivity index (χ0) is 21.7. The summed E-state index contributed by atoms with van der Waals surface area (Å²) >= 11 is 0. The molecule has 2 aromatic rings. The van der Waals surface area contributed by atoms with Gasteiger partial charge in [-0.05, 0) is 48.9 Å². The van der Waals surface area contributed by atoms with Crippen LogP contribution >= 0.6 is 0 Å². The summed E-state index contributed by atoms with van der Waals surface area (Å²) in [6.45, 7) is 5.74. The van der Waals surface area contributed by atoms with Crippen LogP contribution in [-0.2, 0) is 14.3 Å². The predicted molar refractivity (Wildman–Crippen MR) is 112 cm³/mol. The molecule has 2 aromatic carbocycles. The van der Waals surface area contributed by atoms with Crippen molar-refractivity contribution in [1.82, 2.24) is 0 Å². The summed E-state index contributed by atoms with van der Waals surface area (Å²) in [4.78, 5) is 28.5. The van der Waals surface area contributed by atoms with Crippen LogP contribution in [0.25, 0.3) is 6.08 Å². The Morgan fingerprint density at radius 3 is 2.67 bits per heavy atom. The average Bonchev–Trinajstić information content (AvgIpc) is 3.10. The van der Waals surface area contributed by atoms with Crippen molar-refractivity contribution in [2.75, 3.05) is 13.7 Å². The van der Waals surface area contributed by atoms with E-state index in [1.165, 1.54) is 0 Å². The van der Waals surface area contributed by atoms with Gasteiger partial charge in [-0.15, -0.1) is 0 Å². The number of hydrogen-bond acceptors (Lipinski definition) is 7. The molecule has 0 N–H and O–H groups in total. The van der Waals surface area contributed by atoms with E-state index >= 15 is 0 Å². The number of hydrogen-bond donors (Lipinski definition) is 0. The normalized spacial score (nSPS) is 14.5. The number of carbonyl (C=O) groups is 2. The molecule has 0 atom stereocenters. The summed E-state index contributed by atoms with van der Waals surface area (Å²) in [5.41, 5.74) is 1.45. The molecule has 1 heterocycles. The Morgan fingerprint density at radius 1 is 1.17 bits per heavy atom. The first-order valence-electron chi connectivity index (χ1n) is 9.56. The SMILES string of the molecule is CCOc1cc(/C=C2/N=C(c3cccc(OC)c3)OC2=O)ccc1OC(=O)C(C)C. The number of esters is 2. The molecule has 1 aliphatic rings. The van der Waals surface area contributed by atoms with Gasteiger partial charge in [-0.25, -0.2) is 9.79 Å². The number of carbonyl (C=O) groups excluding carboxylic acids is 2. The van der Waals surface area contributed by atoms with Crippen molar-refractivity contribution in [3.63, 3.8) is 0 Å². The largest absolute Gasteiger partial charge is 0.497 e. The first-order valence-corrected chi connectivity index (χ1v) is 9.56. The highest BCUT2D eigenvalue weighted by molar-refractivity contribution is 6.13. The summed E-state index contributed by atoms with van der Waals surface area (Å²) in [6.07, 6.45) is 1.59. The van der Waals surface area contributed by atoms with Crippen LogP contribution in [-0.4, -0.2) is 31.6 Å². The number of cyclic esters (lactones) is 1. The molecule has 0 saturated heterocycles. The van der Waals surface area contributed by atoms with E-state index in [4.69, 9.17) is 18.9 Å². The Labute approximate surface area is 174 Å². The van der Waals surface area contributed by atoms with Gasteiger partial charge in [0.25, 0.3) is 0 Å². The van der Waals surface area contributed by atoms with Gasteiger partial charge in [0.05, 0.1) is 19.6 Å². The molecule has 1 aliphatic heterocycles. The van der Waals surface area contributed by atoms with Crippen molar-refractivity contribution >= 4 is 23.9 Å². The summed E-state index contributed by atoms with van der Waals surface area (Å²) in [7, 11) is 1.56. The zero-order valence-electron chi connectivity index (χ0n) is 17.3. The molecule has 7 heteroatoms. The van der Waals surface area contributed by atoms with Crippen LogP contribution < -0.4 is 14.2 Å². The first kappa shape index (κ1) is 21.1. The van der Waals surface area contributed by atoms with Crippen LogP contribution in [0.15, 0.2) is 53.2 Å². The van der Waals surface area contributed by atoms with Crippen molar-refractivity contribution in [2.45, 2.75) is 20.8 Å². The van der Waals surface area contributed by atoms with Crippen LogP contribution in [0, 0.1) is 5.92 Å². The lowest BCUT2D eigenvalue weighted by atomic mass is 10.1. The Hall–Kier alpha value is -3.61. The topological polar surface area (TPSA) is 83.4 Å². The van der Waals surface area contributed by atoms with Gasteiger partial charge in [0, 0.05) is 5.56 Å². The molecule has 0 aromatic heterocycles. The fourth-order valence-electron chi connectivity index (χ4n) is 2.64. The lowest BCUT2D eigenvalue weighted by Gasteiger charge is -2.12. The summed E-state index contributed by atoms with van der Waals surface area (Å²) in [6, 6.07) is 12.1. The molecule has 30 heavy (non-hydrogen) atoms. The average molecular weight is 409 g/mol. The summed E-state index contributed by atoms with van der Waals surface area (Å²) in [5, 5.41) is 0. The maximum atomic E-state index is 12.3. The molecule has 0 bridgehead atoms. The van der Waals surface area contributed by atoms with Crippen molar-refractivity contribution in [1.29, 1.82) is 0 Å². The number of ether oxygens (including phenoxy) is 4. The van der Waals surface area contributed by atoms with E-state index in [-0.39, 0.29) is 23.5 Å². The first-order chi connectivity index (χ1) is 14.4. The molecule has 0 unspecified atom stereocenters. The highest BCUT2D eigenvalue weighted by atomic mass is 16.6. The molecule has 0 fully saturated rings. The van der Waals surface area contributed by atoms with Gasteiger partial charge in [0.1, 0.15) is 5.75 Å². The van der Waals surface area contributed by atoms with E-state index in [9.17, 15) is 9.59 Å². The van der Waals surface area contributed by atoms with Crippen molar-refractivity contribution < 1.29 is 28.5 Å². The molecule has 0 radical (unpaired) electrons. The third kappa shape index (κ3) is 4.86. The fraction of sp³-hybridized carbons (Fsp3) is 0.261. The molecule has 156 valence electrons. The van der Waals surface area contributed by atoms with Crippen LogP contribution in [0.5, 0.6) is 17.2 Å². The van der Waals surface area contributed by atoms with E-state index in [1.54, 1.807) is 69.5 Å². The van der Waals surface area contributed by atoms with E-state index < -0.39 is 5.97 Å². The molecule has 7 nitrogen and oxygen atoms in total. The number of nitrogens with zero attached hydrogens (tertiary/aromatic N) is 1. The smallest absolute Gasteiger partial charge is 0.363 e. The number of aliphatic imine (C=N–C) groups is 1. The van der Waals surface area contributed by atoms with Gasteiger partial charge >= 0.3 is 11.9 Å². The Kier molecular flexibility index (Phi) is 6.51. The van der Waals surface area contributed by atoms with E-state index in [0.29, 0.717) is 35.0 Å². The molecule has 0 amide bonds. The van der Waals surface area contributed by atoms with Crippen molar-refractivity contribution in [3.8, 4) is 17.2 Å². The number of methoxy groups -OCH3 is 1. The van der Waals surface area contributed by atoms with Crippen LogP contribution in [0.3, 0.4) is 0 Å². The number of benzene rings is 2. The van der Waals surface area contributed by atoms with E-state index in [1.807, 2.05) is 6.92 Å². The molecule has 3 rings (SSSR count). The lowest BCUT2D eigenvalue weighted by Crippen LogP contribution is -2.15. The minimum Gasteiger partial charge on any atom is -0.497 e. The van der Waals surface area contributed by atoms with Gasteiger partial charge in [-0.1, -0.05) is 26.0 Å². The third-order valence-electron chi connectivity index (χ3n) is 4.19. The standard InChI is InChI=1S/C23H23NO6/c1-5-28-20-12-15(9-10-19(20)29-22(25)14(2)3)11-18-23(26)30-21(24-18)16-7-6-8-17(13-16)27-4/h6-14H,5H2,1-4H3/b18-11+. The summed E-state index contributed by atoms with van der Waals surface area (Å²) in [5.74, 6) is 0.402. The van der Waals surface area contributed by atoms with Gasteiger partial charge in [0.15, 0.2) is 17.2 Å². The zero-order valence-corrected chi connectivity index (χ0v) is 17.3. The molecule has 0 aliphatic carbocycles. The Morgan fingerprint density at radius 2 is 1.97 bits per heavy atom. The molecule has 0 saturated carbocycles. The van der Waals surface area contributed by atoms with E-state index in [0.717, 1.165) is 0 Å². The summed E-state index contributed by atoms with van der Waals surface area (Å²) < 4.78 is 21.5. The minimum atomic E-state index is -0.555. The second-order valence-corrected chi connectivity index (χ2v) is 6.78. The van der Waals surface area contributed by atoms with Crippen molar-refractivity contribution in [3.05, 3.63) is 59.3 Å². The van der Waals surface area contributed by atoms with Crippen molar-refractivity contribution in [2.24, 2.45) is 10.9 Å². The highest BCUT2D eigenvalue weighted by Crippen LogP contribution is 2.31. The van der Waals surface area contributed by atoms with Crippen LogP contribution in [0.1, 0.15) is 31.9 Å².